The molecule has 1 aromatic heterocycles. The van der Waals surface area contributed by atoms with Gasteiger partial charge < -0.3 is 9.84 Å². The van der Waals surface area contributed by atoms with Crippen molar-refractivity contribution in [2.75, 3.05) is 6.54 Å². The molecule has 1 aromatic carbocycles. The van der Waals surface area contributed by atoms with Crippen molar-refractivity contribution in [1.82, 2.24) is 10.1 Å². The van der Waals surface area contributed by atoms with Crippen LogP contribution < -0.4 is 10.9 Å². The maximum Gasteiger partial charge on any atom is 0.370 e. The van der Waals surface area contributed by atoms with Crippen LogP contribution in [0.1, 0.15) is 28.0 Å². The largest absolute Gasteiger partial charge is 0.370 e. The van der Waals surface area contributed by atoms with Gasteiger partial charge >= 0.3 is 5.63 Å². The smallest absolute Gasteiger partial charge is 0.352 e. The van der Waals surface area contributed by atoms with Crippen LogP contribution in [0.4, 0.5) is 0 Å². The average molecular weight is 274 g/mol. The third-order valence-corrected chi connectivity index (χ3v) is 3.26. The van der Waals surface area contributed by atoms with E-state index < -0.39 is 5.63 Å². The van der Waals surface area contributed by atoms with Crippen molar-refractivity contribution in [3.05, 3.63) is 57.6 Å². The highest BCUT2D eigenvalue weighted by molar-refractivity contribution is 5.94. The first-order valence-corrected chi connectivity index (χ1v) is 6.58. The molecule has 0 radical (unpaired) electrons. The second kappa shape index (κ2) is 6.23. The van der Waals surface area contributed by atoms with Gasteiger partial charge in [-0.1, -0.05) is 30.3 Å². The Morgan fingerprint density at radius 2 is 2.00 bits per heavy atom. The number of hydrogen-bond acceptors (Lipinski definition) is 3. The number of aromatic nitrogens is 1. The van der Waals surface area contributed by atoms with Crippen LogP contribution in [0.2, 0.25) is 0 Å². The van der Waals surface area contributed by atoms with E-state index in [0.29, 0.717) is 12.2 Å². The fourth-order valence-corrected chi connectivity index (χ4v) is 2.03. The van der Waals surface area contributed by atoms with E-state index in [2.05, 4.69) is 17.4 Å². The molecule has 0 fully saturated rings. The van der Waals surface area contributed by atoms with Crippen molar-refractivity contribution in [2.24, 2.45) is 7.05 Å². The normalized spacial score (nSPS) is 10.5. The van der Waals surface area contributed by atoms with Crippen LogP contribution in [0, 0.1) is 6.92 Å². The lowest BCUT2D eigenvalue weighted by molar-refractivity contribution is 0.0950. The molecule has 1 N–H and O–H groups in total. The summed E-state index contributed by atoms with van der Waals surface area (Å²) in [6.07, 6.45) is 1.72. The first-order chi connectivity index (χ1) is 9.59. The molecule has 0 aliphatic carbocycles. The molecule has 0 unspecified atom stereocenters. The molecule has 0 aliphatic rings. The van der Waals surface area contributed by atoms with Gasteiger partial charge in [0.1, 0.15) is 5.56 Å². The molecule has 2 aromatic rings. The Hall–Kier alpha value is -2.30. The van der Waals surface area contributed by atoms with Gasteiger partial charge in [0.25, 0.3) is 5.91 Å². The van der Waals surface area contributed by atoms with Crippen molar-refractivity contribution in [3.63, 3.8) is 0 Å². The Labute approximate surface area is 117 Å². The van der Waals surface area contributed by atoms with E-state index in [1.165, 1.54) is 10.3 Å². The standard InChI is InChI=1S/C15H18N2O3/c1-11-13(15(19)20-17(11)2)14(18)16-10-6-9-12-7-4-3-5-8-12/h3-5,7-8H,6,9-10H2,1-2H3,(H,16,18). The first-order valence-electron chi connectivity index (χ1n) is 6.58. The van der Waals surface area contributed by atoms with E-state index in [0.717, 1.165) is 12.8 Å². The molecule has 0 bridgehead atoms. The van der Waals surface area contributed by atoms with Gasteiger partial charge in [-0.25, -0.2) is 9.53 Å². The summed E-state index contributed by atoms with van der Waals surface area (Å²) in [7, 11) is 1.60. The minimum Gasteiger partial charge on any atom is -0.352 e. The number of nitrogens with zero attached hydrogens (tertiary/aromatic N) is 1. The fraction of sp³-hybridized carbons (Fsp3) is 0.333. The van der Waals surface area contributed by atoms with Crippen molar-refractivity contribution in [1.29, 1.82) is 0 Å². The minimum absolute atomic E-state index is 0.0900. The number of benzene rings is 1. The second-order valence-electron chi connectivity index (χ2n) is 4.68. The topological polar surface area (TPSA) is 64.2 Å². The molecule has 1 amide bonds. The molecule has 1 heterocycles. The number of rotatable bonds is 5. The second-order valence-corrected chi connectivity index (χ2v) is 4.68. The third kappa shape index (κ3) is 3.17. The number of hydrogen-bond donors (Lipinski definition) is 1. The summed E-state index contributed by atoms with van der Waals surface area (Å²) in [6, 6.07) is 10.1. The molecule has 0 spiro atoms. The van der Waals surface area contributed by atoms with Gasteiger partial charge in [0.2, 0.25) is 0 Å². The Bertz CT molecular complexity index is 641. The van der Waals surface area contributed by atoms with Gasteiger partial charge in [0, 0.05) is 13.6 Å². The molecule has 0 saturated heterocycles. The van der Waals surface area contributed by atoms with E-state index in [-0.39, 0.29) is 11.5 Å². The lowest BCUT2D eigenvalue weighted by atomic mass is 10.1. The lowest BCUT2D eigenvalue weighted by Gasteiger charge is -2.04. The van der Waals surface area contributed by atoms with Crippen LogP contribution in [0.3, 0.4) is 0 Å². The maximum atomic E-state index is 11.9. The average Bonchev–Trinajstić information content (AvgIpc) is 2.69. The molecule has 2 rings (SSSR count). The van der Waals surface area contributed by atoms with Crippen LogP contribution >= 0.6 is 0 Å². The van der Waals surface area contributed by atoms with Gasteiger partial charge in [-0.2, -0.15) is 0 Å². The molecule has 20 heavy (non-hydrogen) atoms. The van der Waals surface area contributed by atoms with Gasteiger partial charge in [0.05, 0.1) is 5.69 Å². The summed E-state index contributed by atoms with van der Waals surface area (Å²) in [4.78, 5) is 23.4. The summed E-state index contributed by atoms with van der Waals surface area (Å²) in [5.74, 6) is -0.370. The predicted molar refractivity (Wildman–Crippen MR) is 75.8 cm³/mol. The van der Waals surface area contributed by atoms with Crippen LogP contribution in [-0.4, -0.2) is 17.2 Å². The van der Waals surface area contributed by atoms with Gasteiger partial charge in [0.15, 0.2) is 0 Å². The van der Waals surface area contributed by atoms with E-state index in [1.54, 1.807) is 14.0 Å². The third-order valence-electron chi connectivity index (χ3n) is 3.26. The van der Waals surface area contributed by atoms with Crippen molar-refractivity contribution in [2.45, 2.75) is 19.8 Å². The Morgan fingerprint density at radius 1 is 1.30 bits per heavy atom. The van der Waals surface area contributed by atoms with Crippen LogP contribution in [0.5, 0.6) is 0 Å². The van der Waals surface area contributed by atoms with Crippen molar-refractivity contribution >= 4 is 5.91 Å². The van der Waals surface area contributed by atoms with Gasteiger partial charge in [-0.15, -0.1) is 0 Å². The van der Waals surface area contributed by atoms with Crippen LogP contribution in [-0.2, 0) is 13.5 Å². The van der Waals surface area contributed by atoms with E-state index in [1.807, 2.05) is 18.2 Å². The van der Waals surface area contributed by atoms with E-state index in [4.69, 9.17) is 4.52 Å². The molecule has 0 saturated carbocycles. The Morgan fingerprint density at radius 3 is 2.60 bits per heavy atom. The van der Waals surface area contributed by atoms with Gasteiger partial charge in [-0.3, -0.25) is 4.79 Å². The first kappa shape index (κ1) is 14.1. The molecule has 5 heteroatoms. The summed E-state index contributed by atoms with van der Waals surface area (Å²) in [6.45, 7) is 2.21. The molecule has 106 valence electrons. The SMILES string of the molecule is Cc1c(C(=O)NCCCc2ccccc2)c(=O)on1C. The highest BCUT2D eigenvalue weighted by Gasteiger charge is 2.18. The number of carbonyl (C=O) groups excluding carboxylic acids is 1. The van der Waals surface area contributed by atoms with E-state index in [9.17, 15) is 9.59 Å². The maximum absolute atomic E-state index is 11.9. The Balaban J connectivity index is 1.85. The van der Waals surface area contributed by atoms with Crippen molar-refractivity contribution < 1.29 is 9.32 Å². The Kier molecular flexibility index (Phi) is 4.40. The van der Waals surface area contributed by atoms with Crippen molar-refractivity contribution in [3.8, 4) is 0 Å². The monoisotopic (exact) mass is 274 g/mol. The number of aryl methyl sites for hydroxylation is 2. The molecular formula is C15H18N2O3. The highest BCUT2D eigenvalue weighted by atomic mass is 16.5. The molecule has 5 nitrogen and oxygen atoms in total. The van der Waals surface area contributed by atoms with Crippen LogP contribution in [0.25, 0.3) is 0 Å². The fourth-order valence-electron chi connectivity index (χ4n) is 2.03. The molecule has 0 atom stereocenters. The zero-order chi connectivity index (χ0) is 14.5. The number of carbonyl (C=O) groups is 1. The summed E-state index contributed by atoms with van der Waals surface area (Å²) in [5, 5.41) is 2.75. The highest BCUT2D eigenvalue weighted by Crippen LogP contribution is 2.04. The number of amides is 1. The summed E-state index contributed by atoms with van der Waals surface area (Å²) < 4.78 is 6.15. The quantitative estimate of drug-likeness (QED) is 0.843. The summed E-state index contributed by atoms with van der Waals surface area (Å²) >= 11 is 0. The zero-order valence-electron chi connectivity index (χ0n) is 11.7. The lowest BCUT2D eigenvalue weighted by Crippen LogP contribution is -2.28. The summed E-state index contributed by atoms with van der Waals surface area (Å²) in [5.41, 5.74) is 1.27. The predicted octanol–water partition coefficient (Wildman–Crippen LogP) is 1.65. The number of nitrogens with one attached hydrogen (secondary N) is 1. The van der Waals surface area contributed by atoms with E-state index >= 15 is 0 Å². The zero-order valence-corrected chi connectivity index (χ0v) is 11.7. The molecular weight excluding hydrogens is 256 g/mol. The minimum atomic E-state index is -0.592. The van der Waals surface area contributed by atoms with Gasteiger partial charge in [-0.05, 0) is 25.3 Å². The molecule has 0 aliphatic heterocycles. The van der Waals surface area contributed by atoms with Crippen LogP contribution in [0.15, 0.2) is 39.6 Å².